The number of hydrogen-bond acceptors (Lipinski definition) is 3. The van der Waals surface area contributed by atoms with E-state index >= 15 is 0 Å². The Labute approximate surface area is 142 Å². The number of para-hydroxylation sites is 1. The van der Waals surface area contributed by atoms with Gasteiger partial charge in [-0.1, -0.05) is 18.2 Å². The van der Waals surface area contributed by atoms with Crippen LogP contribution in [0.25, 0.3) is 0 Å². The highest BCUT2D eigenvalue weighted by Gasteiger charge is 2.26. The molecular weight excluding hydrogens is 300 g/mol. The van der Waals surface area contributed by atoms with Gasteiger partial charge >= 0.3 is 0 Å². The second-order valence-corrected chi connectivity index (χ2v) is 6.84. The zero-order chi connectivity index (χ0) is 16.4. The minimum atomic E-state index is 0.238. The van der Waals surface area contributed by atoms with Crippen LogP contribution in [0.5, 0.6) is 0 Å². The van der Waals surface area contributed by atoms with E-state index in [0.29, 0.717) is 12.5 Å². The van der Waals surface area contributed by atoms with Gasteiger partial charge in [0.05, 0.1) is 6.54 Å². The molecule has 2 aliphatic heterocycles. The Kier molecular flexibility index (Phi) is 4.34. The number of likely N-dealkylation sites (tertiary alicyclic amines) is 1. The summed E-state index contributed by atoms with van der Waals surface area (Å²) >= 11 is 0. The molecule has 2 aliphatic rings. The van der Waals surface area contributed by atoms with Crippen LogP contribution in [0.1, 0.15) is 36.4 Å². The van der Waals surface area contributed by atoms with Crippen LogP contribution in [0.2, 0.25) is 0 Å². The van der Waals surface area contributed by atoms with Gasteiger partial charge < -0.3 is 4.90 Å². The molecule has 1 saturated heterocycles. The smallest absolute Gasteiger partial charge is 0.241 e. The third kappa shape index (κ3) is 3.08. The summed E-state index contributed by atoms with van der Waals surface area (Å²) in [6, 6.07) is 10.4. The van der Waals surface area contributed by atoms with E-state index in [2.05, 4.69) is 39.4 Å². The number of carbonyl (C=O) groups excluding carboxylic acids is 1. The summed E-state index contributed by atoms with van der Waals surface area (Å²) in [5, 5.41) is 7.13. The Hall–Kier alpha value is -2.14. The fraction of sp³-hybridized carbons (Fsp3) is 0.474. The quantitative estimate of drug-likeness (QED) is 0.944. The molecule has 24 heavy (non-hydrogen) atoms. The maximum Gasteiger partial charge on any atom is 0.241 e. The standard InChI is InChI=1S/C19H24N4O/c24-19(23-11-3-5-16-4-1-2-6-18(16)23)14-22-12-8-15(9-13-22)17-7-10-20-21-17/h1-2,4,6-7,10,15H,3,5,8-9,11-14H2,(H,20,21). The van der Waals surface area contributed by atoms with Crippen LogP contribution in [-0.4, -0.2) is 47.2 Å². The van der Waals surface area contributed by atoms with Crippen molar-refractivity contribution >= 4 is 11.6 Å². The number of carbonyl (C=O) groups is 1. The van der Waals surface area contributed by atoms with Crippen LogP contribution in [0.3, 0.4) is 0 Å². The third-order valence-corrected chi connectivity index (χ3v) is 5.32. The second kappa shape index (κ2) is 6.77. The molecule has 0 saturated carbocycles. The van der Waals surface area contributed by atoms with E-state index in [9.17, 15) is 4.79 Å². The molecule has 5 nitrogen and oxygen atoms in total. The lowest BCUT2D eigenvalue weighted by atomic mass is 9.93. The highest BCUT2D eigenvalue weighted by Crippen LogP contribution is 2.28. The molecule has 126 valence electrons. The van der Waals surface area contributed by atoms with Crippen LogP contribution in [-0.2, 0) is 11.2 Å². The Morgan fingerprint density at radius 2 is 2.00 bits per heavy atom. The van der Waals surface area contributed by atoms with Crippen molar-refractivity contribution < 1.29 is 4.79 Å². The summed E-state index contributed by atoms with van der Waals surface area (Å²) < 4.78 is 0. The minimum Gasteiger partial charge on any atom is -0.311 e. The molecule has 1 aromatic carbocycles. The fourth-order valence-corrected chi connectivity index (χ4v) is 3.97. The lowest BCUT2D eigenvalue weighted by Crippen LogP contribution is -2.45. The molecule has 1 fully saturated rings. The SMILES string of the molecule is O=C(CN1CCC(c2ccn[nH]2)CC1)N1CCCc2ccccc21. The largest absolute Gasteiger partial charge is 0.311 e. The van der Waals surface area contributed by atoms with Crippen molar-refractivity contribution in [3.05, 3.63) is 47.8 Å². The van der Waals surface area contributed by atoms with E-state index in [4.69, 9.17) is 0 Å². The molecule has 0 radical (unpaired) electrons. The highest BCUT2D eigenvalue weighted by molar-refractivity contribution is 5.95. The van der Waals surface area contributed by atoms with Crippen LogP contribution >= 0.6 is 0 Å². The number of hydrogen-bond donors (Lipinski definition) is 1. The molecule has 2 aromatic rings. The number of benzene rings is 1. The molecule has 1 N–H and O–H groups in total. The molecule has 1 aromatic heterocycles. The van der Waals surface area contributed by atoms with E-state index < -0.39 is 0 Å². The Morgan fingerprint density at radius 3 is 2.79 bits per heavy atom. The summed E-state index contributed by atoms with van der Waals surface area (Å²) in [6.45, 7) is 3.33. The average Bonchev–Trinajstić information content (AvgIpc) is 3.16. The number of amides is 1. The van der Waals surface area contributed by atoms with Crippen LogP contribution in [0.4, 0.5) is 5.69 Å². The van der Waals surface area contributed by atoms with Gasteiger partial charge in [0, 0.05) is 30.0 Å². The summed E-state index contributed by atoms with van der Waals surface area (Å²) in [7, 11) is 0. The van der Waals surface area contributed by atoms with E-state index in [1.54, 1.807) is 0 Å². The second-order valence-electron chi connectivity index (χ2n) is 6.84. The first-order chi connectivity index (χ1) is 11.8. The molecule has 0 atom stereocenters. The molecule has 5 heteroatoms. The first kappa shape index (κ1) is 15.4. The van der Waals surface area contributed by atoms with Crippen LogP contribution < -0.4 is 4.90 Å². The first-order valence-electron chi connectivity index (χ1n) is 8.91. The van der Waals surface area contributed by atoms with Crippen LogP contribution in [0, 0.1) is 0 Å². The van der Waals surface area contributed by atoms with Gasteiger partial charge in [0.1, 0.15) is 0 Å². The average molecular weight is 324 g/mol. The predicted molar refractivity (Wildman–Crippen MR) is 94.1 cm³/mol. The van der Waals surface area contributed by atoms with Gasteiger partial charge in [-0.05, 0) is 56.5 Å². The number of nitrogens with one attached hydrogen (secondary N) is 1. The maximum absolute atomic E-state index is 12.8. The van der Waals surface area contributed by atoms with Crippen molar-refractivity contribution in [1.29, 1.82) is 0 Å². The molecule has 0 bridgehead atoms. The third-order valence-electron chi connectivity index (χ3n) is 5.32. The van der Waals surface area contributed by atoms with Crippen LogP contribution in [0.15, 0.2) is 36.5 Å². The number of aryl methyl sites for hydroxylation is 1. The van der Waals surface area contributed by atoms with Crippen molar-refractivity contribution in [2.45, 2.75) is 31.6 Å². The Bertz CT molecular complexity index is 689. The zero-order valence-corrected chi connectivity index (χ0v) is 13.9. The van der Waals surface area contributed by atoms with Gasteiger partial charge in [-0.2, -0.15) is 5.10 Å². The number of rotatable bonds is 3. The summed E-state index contributed by atoms with van der Waals surface area (Å²) in [5.41, 5.74) is 3.64. The van der Waals surface area contributed by atoms with E-state index in [1.165, 1.54) is 11.3 Å². The maximum atomic E-state index is 12.8. The first-order valence-corrected chi connectivity index (χ1v) is 8.91. The minimum absolute atomic E-state index is 0.238. The van der Waals surface area contributed by atoms with Gasteiger partial charge in [-0.3, -0.25) is 14.8 Å². The number of anilines is 1. The number of nitrogens with zero attached hydrogens (tertiary/aromatic N) is 3. The molecule has 0 aliphatic carbocycles. The Morgan fingerprint density at radius 1 is 1.17 bits per heavy atom. The summed E-state index contributed by atoms with van der Waals surface area (Å²) in [4.78, 5) is 17.1. The number of H-pyrrole nitrogens is 1. The zero-order valence-electron chi connectivity index (χ0n) is 13.9. The molecule has 3 heterocycles. The van der Waals surface area contributed by atoms with Gasteiger partial charge in [-0.25, -0.2) is 0 Å². The predicted octanol–water partition coefficient (Wildman–Crippen LogP) is 2.57. The van der Waals surface area contributed by atoms with Gasteiger partial charge in [0.25, 0.3) is 0 Å². The molecular formula is C19H24N4O. The normalized spacial score (nSPS) is 19.2. The lowest BCUT2D eigenvalue weighted by molar-refractivity contribution is -0.120. The van der Waals surface area contributed by atoms with Crippen molar-refractivity contribution in [2.24, 2.45) is 0 Å². The monoisotopic (exact) mass is 324 g/mol. The number of fused-ring (bicyclic) bond motifs is 1. The molecule has 0 spiro atoms. The van der Waals surface area contributed by atoms with E-state index in [0.717, 1.165) is 51.0 Å². The molecule has 1 amide bonds. The van der Waals surface area contributed by atoms with E-state index in [-0.39, 0.29) is 5.91 Å². The van der Waals surface area contributed by atoms with Crippen molar-refractivity contribution in [3.8, 4) is 0 Å². The highest BCUT2D eigenvalue weighted by atomic mass is 16.2. The van der Waals surface area contributed by atoms with Gasteiger partial charge in [0.15, 0.2) is 0 Å². The van der Waals surface area contributed by atoms with E-state index in [1.807, 2.05) is 17.2 Å². The summed E-state index contributed by atoms with van der Waals surface area (Å²) in [6.07, 6.45) is 6.14. The Balaban J connectivity index is 1.36. The molecule has 0 unspecified atom stereocenters. The fourth-order valence-electron chi connectivity index (χ4n) is 3.97. The van der Waals surface area contributed by atoms with Crippen molar-refractivity contribution in [2.75, 3.05) is 31.1 Å². The lowest BCUT2D eigenvalue weighted by Gasteiger charge is -2.34. The van der Waals surface area contributed by atoms with Gasteiger partial charge in [-0.15, -0.1) is 0 Å². The summed E-state index contributed by atoms with van der Waals surface area (Å²) in [5.74, 6) is 0.789. The number of piperidine rings is 1. The topological polar surface area (TPSA) is 52.2 Å². The number of aromatic nitrogens is 2. The van der Waals surface area contributed by atoms with Gasteiger partial charge in [0.2, 0.25) is 5.91 Å². The number of aromatic amines is 1. The van der Waals surface area contributed by atoms with Crippen molar-refractivity contribution in [1.82, 2.24) is 15.1 Å². The molecule has 4 rings (SSSR count). The van der Waals surface area contributed by atoms with Crippen molar-refractivity contribution in [3.63, 3.8) is 0 Å².